The number of nitrogen functional groups attached to an aromatic ring is 1. The number of benzene rings is 1. The van der Waals surface area contributed by atoms with Gasteiger partial charge in [-0.15, -0.1) is 0 Å². The molecule has 1 aliphatic rings. The average Bonchev–Trinajstić information content (AvgIpc) is 2.30. The van der Waals surface area contributed by atoms with Crippen molar-refractivity contribution in [3.63, 3.8) is 0 Å². The van der Waals surface area contributed by atoms with E-state index in [0.29, 0.717) is 11.3 Å². The summed E-state index contributed by atoms with van der Waals surface area (Å²) in [5, 5.41) is 0. The lowest BCUT2D eigenvalue weighted by atomic mass is 9.91. The van der Waals surface area contributed by atoms with Crippen LogP contribution in [0.3, 0.4) is 0 Å². The van der Waals surface area contributed by atoms with Crippen LogP contribution in [0.5, 0.6) is 0 Å². The summed E-state index contributed by atoms with van der Waals surface area (Å²) in [6, 6.07) is 7.22. The normalized spacial score (nSPS) is 19.1. The van der Waals surface area contributed by atoms with Crippen LogP contribution in [0.1, 0.15) is 16.8 Å². The number of Topliss-reactive ketones (excluding diaryl/α,β-unsaturated/α-hetero) is 1. The number of carbonyl (C=O) groups is 1. The standard InChI is InChI=1S/C13H13NO/c14-12-9-5-4-8-11(12)13(15)10-6-2-1-3-7-10/h1-6,8-10H,7,14H2. The molecule has 0 fully saturated rings. The van der Waals surface area contributed by atoms with Crippen molar-refractivity contribution in [1.82, 2.24) is 0 Å². The fourth-order valence-electron chi connectivity index (χ4n) is 1.70. The maximum atomic E-state index is 12.1. The molecule has 0 heterocycles. The summed E-state index contributed by atoms with van der Waals surface area (Å²) in [7, 11) is 0. The molecule has 1 aliphatic carbocycles. The highest BCUT2D eigenvalue weighted by molar-refractivity contribution is 6.03. The minimum absolute atomic E-state index is 0.0558. The summed E-state index contributed by atoms with van der Waals surface area (Å²) in [6.45, 7) is 0. The monoisotopic (exact) mass is 199 g/mol. The Morgan fingerprint density at radius 1 is 1.27 bits per heavy atom. The maximum Gasteiger partial charge on any atom is 0.172 e. The number of ketones is 1. The van der Waals surface area contributed by atoms with Crippen molar-refractivity contribution in [3.05, 3.63) is 54.1 Å². The molecule has 0 bridgehead atoms. The second kappa shape index (κ2) is 4.13. The Morgan fingerprint density at radius 3 is 2.73 bits per heavy atom. The summed E-state index contributed by atoms with van der Waals surface area (Å²) in [4.78, 5) is 12.1. The third-order valence-electron chi connectivity index (χ3n) is 2.54. The van der Waals surface area contributed by atoms with Crippen LogP contribution in [0, 0.1) is 5.92 Å². The molecule has 0 amide bonds. The van der Waals surface area contributed by atoms with Crippen molar-refractivity contribution < 1.29 is 4.79 Å². The molecule has 0 saturated heterocycles. The van der Waals surface area contributed by atoms with E-state index < -0.39 is 0 Å². The van der Waals surface area contributed by atoms with E-state index in [1.54, 1.807) is 12.1 Å². The minimum Gasteiger partial charge on any atom is -0.398 e. The molecule has 2 heteroatoms. The first-order valence-electron chi connectivity index (χ1n) is 5.01. The van der Waals surface area contributed by atoms with Gasteiger partial charge in [0.25, 0.3) is 0 Å². The number of hydrogen-bond donors (Lipinski definition) is 1. The third kappa shape index (κ3) is 1.99. The Balaban J connectivity index is 2.25. The fraction of sp³-hybridized carbons (Fsp3) is 0.154. The van der Waals surface area contributed by atoms with Gasteiger partial charge in [0.1, 0.15) is 0 Å². The summed E-state index contributed by atoms with van der Waals surface area (Å²) < 4.78 is 0. The molecule has 2 nitrogen and oxygen atoms in total. The van der Waals surface area contributed by atoms with E-state index in [4.69, 9.17) is 5.73 Å². The van der Waals surface area contributed by atoms with Crippen LogP contribution in [-0.2, 0) is 0 Å². The maximum absolute atomic E-state index is 12.1. The Labute approximate surface area is 89.1 Å². The van der Waals surface area contributed by atoms with Crippen LogP contribution >= 0.6 is 0 Å². The van der Waals surface area contributed by atoms with Crippen LogP contribution < -0.4 is 5.73 Å². The lowest BCUT2D eigenvalue weighted by molar-refractivity contribution is 0.0946. The molecule has 1 aromatic rings. The predicted octanol–water partition coefficient (Wildman–Crippen LogP) is 2.58. The van der Waals surface area contributed by atoms with Gasteiger partial charge in [0, 0.05) is 17.2 Å². The molecular weight excluding hydrogens is 186 g/mol. The Morgan fingerprint density at radius 2 is 2.07 bits per heavy atom. The highest BCUT2D eigenvalue weighted by Crippen LogP contribution is 2.21. The van der Waals surface area contributed by atoms with Crippen LogP contribution in [0.25, 0.3) is 0 Å². The van der Waals surface area contributed by atoms with E-state index in [9.17, 15) is 4.79 Å². The molecule has 1 atom stereocenters. The first-order valence-corrected chi connectivity index (χ1v) is 5.01. The number of carbonyl (C=O) groups excluding carboxylic acids is 1. The number of allylic oxidation sites excluding steroid dienone is 4. The van der Waals surface area contributed by atoms with Crippen LogP contribution in [-0.4, -0.2) is 5.78 Å². The average molecular weight is 199 g/mol. The quantitative estimate of drug-likeness (QED) is 0.587. The molecule has 0 radical (unpaired) electrons. The lowest BCUT2D eigenvalue weighted by Crippen LogP contribution is -2.14. The van der Waals surface area contributed by atoms with E-state index in [1.807, 2.05) is 36.4 Å². The number of para-hydroxylation sites is 1. The SMILES string of the molecule is Nc1ccccc1C(=O)C1C=CC=CC1. The van der Waals surface area contributed by atoms with Crippen LogP contribution in [0.4, 0.5) is 5.69 Å². The Hall–Kier alpha value is -1.83. The number of anilines is 1. The molecular formula is C13H13NO. The molecule has 2 N–H and O–H groups in total. The molecule has 0 aromatic heterocycles. The smallest absolute Gasteiger partial charge is 0.172 e. The Bertz CT molecular complexity index is 432. The van der Waals surface area contributed by atoms with Gasteiger partial charge in [-0.3, -0.25) is 4.79 Å². The van der Waals surface area contributed by atoms with E-state index in [0.717, 1.165) is 6.42 Å². The summed E-state index contributed by atoms with van der Waals surface area (Å²) in [5.41, 5.74) is 6.95. The molecule has 1 aromatic carbocycles. The van der Waals surface area contributed by atoms with Gasteiger partial charge in [0.05, 0.1) is 0 Å². The topological polar surface area (TPSA) is 43.1 Å². The van der Waals surface area contributed by atoms with Crippen molar-refractivity contribution in [2.75, 3.05) is 5.73 Å². The molecule has 1 unspecified atom stereocenters. The molecule has 76 valence electrons. The van der Waals surface area contributed by atoms with Crippen molar-refractivity contribution >= 4 is 11.5 Å². The predicted molar refractivity (Wildman–Crippen MR) is 61.6 cm³/mol. The molecule has 2 rings (SSSR count). The second-order valence-electron chi connectivity index (χ2n) is 3.61. The highest BCUT2D eigenvalue weighted by atomic mass is 16.1. The third-order valence-corrected chi connectivity index (χ3v) is 2.54. The zero-order valence-corrected chi connectivity index (χ0v) is 8.39. The number of hydrogen-bond acceptors (Lipinski definition) is 2. The van der Waals surface area contributed by atoms with Gasteiger partial charge in [-0.25, -0.2) is 0 Å². The lowest BCUT2D eigenvalue weighted by Gasteiger charge is -2.12. The summed E-state index contributed by atoms with van der Waals surface area (Å²) in [5.74, 6) is 0.0494. The largest absolute Gasteiger partial charge is 0.398 e. The van der Waals surface area contributed by atoms with Gasteiger partial charge in [0.2, 0.25) is 0 Å². The number of rotatable bonds is 2. The van der Waals surface area contributed by atoms with Crippen molar-refractivity contribution in [3.8, 4) is 0 Å². The van der Waals surface area contributed by atoms with Crippen molar-refractivity contribution in [2.45, 2.75) is 6.42 Å². The van der Waals surface area contributed by atoms with Crippen molar-refractivity contribution in [2.24, 2.45) is 5.92 Å². The van der Waals surface area contributed by atoms with Gasteiger partial charge in [-0.1, -0.05) is 36.4 Å². The van der Waals surface area contributed by atoms with Gasteiger partial charge < -0.3 is 5.73 Å². The highest BCUT2D eigenvalue weighted by Gasteiger charge is 2.18. The Kier molecular flexibility index (Phi) is 2.68. The number of nitrogens with two attached hydrogens (primary N) is 1. The minimum atomic E-state index is -0.0558. The van der Waals surface area contributed by atoms with Crippen LogP contribution in [0.15, 0.2) is 48.6 Å². The summed E-state index contributed by atoms with van der Waals surface area (Å²) >= 11 is 0. The van der Waals surface area contributed by atoms with Gasteiger partial charge in [0.15, 0.2) is 5.78 Å². The zero-order valence-electron chi connectivity index (χ0n) is 8.39. The summed E-state index contributed by atoms with van der Waals surface area (Å²) in [6.07, 6.45) is 8.56. The van der Waals surface area contributed by atoms with E-state index in [-0.39, 0.29) is 11.7 Å². The first-order chi connectivity index (χ1) is 7.29. The molecule has 15 heavy (non-hydrogen) atoms. The van der Waals surface area contributed by atoms with E-state index in [1.165, 1.54) is 0 Å². The van der Waals surface area contributed by atoms with Crippen LogP contribution in [0.2, 0.25) is 0 Å². The zero-order chi connectivity index (χ0) is 10.7. The van der Waals surface area contributed by atoms with E-state index >= 15 is 0 Å². The van der Waals surface area contributed by atoms with Gasteiger partial charge >= 0.3 is 0 Å². The van der Waals surface area contributed by atoms with Gasteiger partial charge in [-0.2, -0.15) is 0 Å². The first kappa shape index (κ1) is 9.71. The van der Waals surface area contributed by atoms with Gasteiger partial charge in [-0.05, 0) is 18.6 Å². The fourth-order valence-corrected chi connectivity index (χ4v) is 1.70. The second-order valence-corrected chi connectivity index (χ2v) is 3.61. The van der Waals surface area contributed by atoms with Crippen molar-refractivity contribution in [1.29, 1.82) is 0 Å². The van der Waals surface area contributed by atoms with E-state index in [2.05, 4.69) is 0 Å². The molecule has 0 aliphatic heterocycles. The molecule has 0 saturated carbocycles. The molecule has 0 spiro atoms.